The normalized spacial score (nSPS) is 20.5. The number of piperidine rings is 1. The number of nitrogens with zero attached hydrogens (tertiary/aromatic N) is 4. The Morgan fingerprint density at radius 2 is 2.33 bits per heavy atom. The number of imidazole rings is 1. The van der Waals surface area contributed by atoms with E-state index in [0.717, 1.165) is 36.5 Å². The first kappa shape index (κ1) is 14.3. The third-order valence-corrected chi connectivity index (χ3v) is 5.10. The van der Waals surface area contributed by atoms with Crippen LogP contribution in [0.5, 0.6) is 0 Å². The molecule has 0 radical (unpaired) electrons. The highest BCUT2D eigenvalue weighted by molar-refractivity contribution is 7.09. The monoisotopic (exact) mass is 304 g/mol. The predicted molar refractivity (Wildman–Crippen MR) is 82.1 cm³/mol. The van der Waals surface area contributed by atoms with Gasteiger partial charge < -0.3 is 9.47 Å². The number of likely N-dealkylation sites (tertiary alicyclic amines) is 1. The van der Waals surface area contributed by atoms with Crippen molar-refractivity contribution in [1.29, 1.82) is 0 Å². The van der Waals surface area contributed by atoms with E-state index in [1.807, 2.05) is 29.5 Å². The summed E-state index contributed by atoms with van der Waals surface area (Å²) in [4.78, 5) is 23.5. The molecule has 1 fully saturated rings. The number of aryl methyl sites for hydroxylation is 1. The Morgan fingerprint density at radius 3 is 3.00 bits per heavy atom. The van der Waals surface area contributed by atoms with Crippen LogP contribution < -0.4 is 0 Å². The Labute approximate surface area is 128 Å². The Morgan fingerprint density at radius 1 is 1.48 bits per heavy atom. The molecule has 0 unspecified atom stereocenters. The lowest BCUT2D eigenvalue weighted by atomic mass is 10.0. The van der Waals surface area contributed by atoms with Crippen LogP contribution >= 0.6 is 11.3 Å². The fourth-order valence-corrected chi connectivity index (χ4v) is 3.79. The molecule has 21 heavy (non-hydrogen) atoms. The van der Waals surface area contributed by atoms with Gasteiger partial charge >= 0.3 is 0 Å². The van der Waals surface area contributed by atoms with Crippen molar-refractivity contribution in [3.63, 3.8) is 0 Å². The molecule has 0 aliphatic carbocycles. The van der Waals surface area contributed by atoms with E-state index < -0.39 is 0 Å². The van der Waals surface area contributed by atoms with Gasteiger partial charge in [-0.15, -0.1) is 11.3 Å². The molecule has 112 valence electrons. The van der Waals surface area contributed by atoms with E-state index in [1.54, 1.807) is 23.9 Å². The number of carbonyl (C=O) groups is 1. The van der Waals surface area contributed by atoms with Crippen LogP contribution in [-0.2, 0) is 4.79 Å². The zero-order valence-electron chi connectivity index (χ0n) is 12.4. The van der Waals surface area contributed by atoms with Gasteiger partial charge in [-0.05, 0) is 33.1 Å². The van der Waals surface area contributed by atoms with E-state index in [4.69, 9.17) is 0 Å². The van der Waals surface area contributed by atoms with Gasteiger partial charge in [-0.2, -0.15) is 0 Å². The van der Waals surface area contributed by atoms with Crippen LogP contribution in [0.2, 0.25) is 0 Å². The first-order valence-electron chi connectivity index (χ1n) is 7.37. The highest BCUT2D eigenvalue weighted by Gasteiger charge is 2.32. The van der Waals surface area contributed by atoms with Crippen LogP contribution in [0.3, 0.4) is 0 Å². The van der Waals surface area contributed by atoms with Crippen LogP contribution in [0.1, 0.15) is 49.0 Å². The smallest absolute Gasteiger partial charge is 0.245 e. The van der Waals surface area contributed by atoms with Gasteiger partial charge in [0.1, 0.15) is 11.0 Å². The highest BCUT2D eigenvalue weighted by atomic mass is 32.1. The SMILES string of the molecule is Cc1csc([C@H]2CCCCN2C(=O)[C@H](C)n2ccnc2)n1. The van der Waals surface area contributed by atoms with Crippen molar-refractivity contribution in [2.75, 3.05) is 6.54 Å². The lowest BCUT2D eigenvalue weighted by Crippen LogP contribution is -2.41. The lowest BCUT2D eigenvalue weighted by Gasteiger charge is -2.36. The van der Waals surface area contributed by atoms with Crippen molar-refractivity contribution in [3.05, 3.63) is 34.8 Å². The average molecular weight is 304 g/mol. The predicted octanol–water partition coefficient (Wildman–Crippen LogP) is 2.96. The molecular formula is C15H20N4OS. The Bertz CT molecular complexity index is 607. The minimum absolute atomic E-state index is 0.135. The minimum Gasteiger partial charge on any atom is -0.331 e. The summed E-state index contributed by atoms with van der Waals surface area (Å²) in [6, 6.07) is -0.0786. The van der Waals surface area contributed by atoms with E-state index in [2.05, 4.69) is 15.3 Å². The molecule has 0 N–H and O–H groups in total. The Hall–Kier alpha value is -1.69. The molecule has 2 atom stereocenters. The summed E-state index contributed by atoms with van der Waals surface area (Å²) in [5, 5.41) is 3.13. The number of carbonyl (C=O) groups excluding carboxylic acids is 1. The molecule has 5 nitrogen and oxygen atoms in total. The summed E-state index contributed by atoms with van der Waals surface area (Å²) in [5.41, 5.74) is 1.04. The van der Waals surface area contributed by atoms with Crippen LogP contribution in [0.25, 0.3) is 0 Å². The van der Waals surface area contributed by atoms with Crippen molar-refractivity contribution < 1.29 is 4.79 Å². The third-order valence-electron chi connectivity index (χ3n) is 4.04. The van der Waals surface area contributed by atoms with Crippen molar-refractivity contribution in [2.24, 2.45) is 0 Å². The van der Waals surface area contributed by atoms with E-state index in [9.17, 15) is 4.79 Å². The first-order chi connectivity index (χ1) is 10.2. The number of hydrogen-bond acceptors (Lipinski definition) is 4. The topological polar surface area (TPSA) is 51.0 Å². The van der Waals surface area contributed by atoms with E-state index in [0.29, 0.717) is 0 Å². The molecule has 2 aromatic heterocycles. The summed E-state index contributed by atoms with van der Waals surface area (Å²) < 4.78 is 1.86. The van der Waals surface area contributed by atoms with Gasteiger partial charge in [-0.3, -0.25) is 4.79 Å². The number of thiazole rings is 1. The first-order valence-corrected chi connectivity index (χ1v) is 8.24. The molecule has 2 aromatic rings. The number of hydrogen-bond donors (Lipinski definition) is 0. The molecule has 1 amide bonds. The van der Waals surface area contributed by atoms with Crippen LogP contribution in [-0.4, -0.2) is 31.9 Å². The Kier molecular flexibility index (Phi) is 4.05. The molecule has 0 aromatic carbocycles. The summed E-state index contributed by atoms with van der Waals surface area (Å²) in [6.07, 6.45) is 8.50. The van der Waals surface area contributed by atoms with Gasteiger partial charge in [0, 0.05) is 30.0 Å². The van der Waals surface area contributed by atoms with Gasteiger partial charge in [0.2, 0.25) is 5.91 Å². The van der Waals surface area contributed by atoms with Gasteiger partial charge in [0.05, 0.1) is 12.4 Å². The van der Waals surface area contributed by atoms with Gasteiger partial charge in [0.15, 0.2) is 0 Å². The van der Waals surface area contributed by atoms with Gasteiger partial charge in [-0.1, -0.05) is 0 Å². The van der Waals surface area contributed by atoms with Crippen molar-refractivity contribution in [2.45, 2.75) is 45.2 Å². The highest BCUT2D eigenvalue weighted by Crippen LogP contribution is 2.34. The minimum atomic E-state index is -0.214. The average Bonchev–Trinajstić information content (AvgIpc) is 3.17. The van der Waals surface area contributed by atoms with Crippen molar-refractivity contribution in [1.82, 2.24) is 19.4 Å². The largest absolute Gasteiger partial charge is 0.331 e. The van der Waals surface area contributed by atoms with E-state index >= 15 is 0 Å². The second-order valence-corrected chi connectivity index (χ2v) is 6.45. The molecule has 0 spiro atoms. The van der Waals surface area contributed by atoms with Crippen molar-refractivity contribution in [3.8, 4) is 0 Å². The fraction of sp³-hybridized carbons (Fsp3) is 0.533. The third kappa shape index (κ3) is 2.85. The van der Waals surface area contributed by atoms with Gasteiger partial charge in [0.25, 0.3) is 0 Å². The molecule has 6 heteroatoms. The number of aromatic nitrogens is 3. The molecule has 3 rings (SSSR count). The zero-order chi connectivity index (χ0) is 14.8. The van der Waals surface area contributed by atoms with Crippen LogP contribution in [0.4, 0.5) is 0 Å². The lowest BCUT2D eigenvalue weighted by molar-refractivity contribution is -0.138. The van der Waals surface area contributed by atoms with Crippen molar-refractivity contribution >= 4 is 17.2 Å². The summed E-state index contributed by atoms with van der Waals surface area (Å²) in [5.74, 6) is 0.158. The zero-order valence-corrected chi connectivity index (χ0v) is 13.2. The molecule has 1 aliphatic rings. The quantitative estimate of drug-likeness (QED) is 0.876. The second-order valence-electron chi connectivity index (χ2n) is 5.56. The van der Waals surface area contributed by atoms with E-state index in [-0.39, 0.29) is 18.0 Å². The van der Waals surface area contributed by atoms with Gasteiger partial charge in [-0.25, -0.2) is 9.97 Å². The number of rotatable bonds is 3. The van der Waals surface area contributed by atoms with Crippen LogP contribution in [0, 0.1) is 6.92 Å². The standard InChI is InChI=1S/C15H20N4OS/c1-11-9-21-14(17-11)13-5-3-4-7-19(13)15(20)12(2)18-8-6-16-10-18/h6,8-10,12-13H,3-5,7H2,1-2H3/t12-,13+/m0/s1. The number of amides is 1. The van der Waals surface area contributed by atoms with E-state index in [1.165, 1.54) is 0 Å². The summed E-state index contributed by atoms with van der Waals surface area (Å²) in [7, 11) is 0. The Balaban J connectivity index is 1.82. The molecule has 3 heterocycles. The molecule has 0 saturated carbocycles. The maximum Gasteiger partial charge on any atom is 0.245 e. The fourth-order valence-electron chi connectivity index (χ4n) is 2.84. The molecule has 1 saturated heterocycles. The summed E-state index contributed by atoms with van der Waals surface area (Å²) >= 11 is 1.66. The molecule has 0 bridgehead atoms. The maximum absolute atomic E-state index is 12.8. The molecule has 1 aliphatic heterocycles. The maximum atomic E-state index is 12.8. The second kappa shape index (κ2) is 5.97. The summed E-state index contributed by atoms with van der Waals surface area (Å²) in [6.45, 7) is 4.76. The molecular weight excluding hydrogens is 284 g/mol. The van der Waals surface area contributed by atoms with Crippen LogP contribution in [0.15, 0.2) is 24.1 Å².